The quantitative estimate of drug-likeness (QED) is 0.586. The Morgan fingerprint density at radius 3 is 2.43 bits per heavy atom. The molecule has 0 aliphatic rings. The van der Waals surface area contributed by atoms with Gasteiger partial charge >= 0.3 is 0 Å². The van der Waals surface area contributed by atoms with Crippen molar-refractivity contribution in [1.29, 1.82) is 0 Å². The average Bonchev–Trinajstić information content (AvgIpc) is 2.18. The van der Waals surface area contributed by atoms with Crippen molar-refractivity contribution in [3.63, 3.8) is 0 Å². The number of ether oxygens (including phenoxy) is 1. The standard InChI is InChI=1S/C11H25NO2/c1-4-14-7-5-6-11(8-12,9-13)10(2)3/h10,13H,4-9,12H2,1-3H3. The molecule has 0 saturated heterocycles. The molecule has 0 saturated carbocycles. The molecule has 0 aromatic carbocycles. The monoisotopic (exact) mass is 203 g/mol. The molecule has 0 amide bonds. The van der Waals surface area contributed by atoms with E-state index in [1.165, 1.54) is 0 Å². The maximum atomic E-state index is 9.38. The molecule has 0 radical (unpaired) electrons. The van der Waals surface area contributed by atoms with Gasteiger partial charge in [-0.3, -0.25) is 0 Å². The summed E-state index contributed by atoms with van der Waals surface area (Å²) in [5.41, 5.74) is 5.62. The van der Waals surface area contributed by atoms with Crippen molar-refractivity contribution in [1.82, 2.24) is 0 Å². The van der Waals surface area contributed by atoms with Crippen molar-refractivity contribution in [2.45, 2.75) is 33.6 Å². The van der Waals surface area contributed by atoms with E-state index in [9.17, 15) is 5.11 Å². The van der Waals surface area contributed by atoms with Gasteiger partial charge in [0, 0.05) is 25.2 Å². The maximum Gasteiger partial charge on any atom is 0.0501 e. The summed E-state index contributed by atoms with van der Waals surface area (Å²) in [4.78, 5) is 0. The van der Waals surface area contributed by atoms with E-state index in [1.807, 2.05) is 6.92 Å². The Hall–Kier alpha value is -0.120. The van der Waals surface area contributed by atoms with E-state index in [0.717, 1.165) is 26.1 Å². The molecule has 86 valence electrons. The summed E-state index contributed by atoms with van der Waals surface area (Å²) in [6.45, 7) is 8.47. The molecular formula is C11H25NO2. The highest BCUT2D eigenvalue weighted by atomic mass is 16.5. The van der Waals surface area contributed by atoms with Crippen LogP contribution in [-0.4, -0.2) is 31.5 Å². The molecule has 0 heterocycles. The second-order valence-electron chi connectivity index (χ2n) is 4.18. The second kappa shape index (κ2) is 7.21. The van der Waals surface area contributed by atoms with Crippen LogP contribution in [0.5, 0.6) is 0 Å². The zero-order valence-electron chi connectivity index (χ0n) is 9.75. The van der Waals surface area contributed by atoms with Crippen LogP contribution in [0.1, 0.15) is 33.6 Å². The van der Waals surface area contributed by atoms with Crippen LogP contribution in [0.3, 0.4) is 0 Å². The molecule has 0 fully saturated rings. The number of hydrogen-bond acceptors (Lipinski definition) is 3. The largest absolute Gasteiger partial charge is 0.396 e. The fourth-order valence-electron chi connectivity index (χ4n) is 1.62. The summed E-state index contributed by atoms with van der Waals surface area (Å²) in [6, 6.07) is 0. The first-order valence-electron chi connectivity index (χ1n) is 5.51. The normalized spacial score (nSPS) is 15.9. The molecular weight excluding hydrogens is 178 g/mol. The van der Waals surface area contributed by atoms with E-state index in [-0.39, 0.29) is 12.0 Å². The van der Waals surface area contributed by atoms with Gasteiger partial charge in [-0.05, 0) is 25.7 Å². The highest BCUT2D eigenvalue weighted by molar-refractivity contribution is 4.82. The summed E-state index contributed by atoms with van der Waals surface area (Å²) in [5.74, 6) is 0.416. The molecule has 0 aliphatic carbocycles. The third kappa shape index (κ3) is 3.95. The number of aliphatic hydroxyl groups excluding tert-OH is 1. The minimum atomic E-state index is -0.114. The lowest BCUT2D eigenvalue weighted by atomic mass is 9.74. The molecule has 0 rings (SSSR count). The summed E-state index contributed by atoms with van der Waals surface area (Å²) in [5, 5.41) is 9.38. The van der Waals surface area contributed by atoms with Crippen molar-refractivity contribution < 1.29 is 9.84 Å². The Balaban J connectivity index is 3.95. The van der Waals surface area contributed by atoms with Crippen molar-refractivity contribution in [2.24, 2.45) is 17.1 Å². The van der Waals surface area contributed by atoms with Gasteiger partial charge in [0.05, 0.1) is 6.61 Å². The lowest BCUT2D eigenvalue weighted by Crippen LogP contribution is -2.39. The molecule has 14 heavy (non-hydrogen) atoms. The van der Waals surface area contributed by atoms with Crippen LogP contribution in [-0.2, 0) is 4.74 Å². The molecule has 3 heteroatoms. The Kier molecular flexibility index (Phi) is 7.15. The average molecular weight is 203 g/mol. The lowest BCUT2D eigenvalue weighted by Gasteiger charge is -2.34. The van der Waals surface area contributed by atoms with Crippen LogP contribution in [0.15, 0.2) is 0 Å². The number of aliphatic hydroxyl groups is 1. The first-order chi connectivity index (χ1) is 6.63. The van der Waals surface area contributed by atoms with E-state index in [4.69, 9.17) is 10.5 Å². The van der Waals surface area contributed by atoms with Gasteiger partial charge in [0.1, 0.15) is 0 Å². The van der Waals surface area contributed by atoms with Crippen molar-refractivity contribution >= 4 is 0 Å². The fourth-order valence-corrected chi connectivity index (χ4v) is 1.62. The summed E-state index contributed by atoms with van der Waals surface area (Å²) < 4.78 is 5.28. The molecule has 3 nitrogen and oxygen atoms in total. The molecule has 3 N–H and O–H groups in total. The van der Waals surface area contributed by atoms with Crippen LogP contribution in [0.4, 0.5) is 0 Å². The summed E-state index contributed by atoms with van der Waals surface area (Å²) >= 11 is 0. The third-order valence-electron chi connectivity index (χ3n) is 3.11. The molecule has 0 bridgehead atoms. The van der Waals surface area contributed by atoms with Crippen LogP contribution in [0.2, 0.25) is 0 Å². The minimum absolute atomic E-state index is 0.114. The zero-order chi connectivity index (χ0) is 11.0. The first-order valence-corrected chi connectivity index (χ1v) is 5.51. The summed E-state index contributed by atoms with van der Waals surface area (Å²) in [6.07, 6.45) is 1.92. The van der Waals surface area contributed by atoms with Gasteiger partial charge in [-0.25, -0.2) is 0 Å². The summed E-state index contributed by atoms with van der Waals surface area (Å²) in [7, 11) is 0. The van der Waals surface area contributed by atoms with Crippen LogP contribution in [0.25, 0.3) is 0 Å². The highest BCUT2D eigenvalue weighted by Gasteiger charge is 2.30. The predicted molar refractivity (Wildman–Crippen MR) is 59.1 cm³/mol. The number of hydrogen-bond donors (Lipinski definition) is 2. The van der Waals surface area contributed by atoms with Gasteiger partial charge in [0.15, 0.2) is 0 Å². The van der Waals surface area contributed by atoms with Gasteiger partial charge in [-0.1, -0.05) is 13.8 Å². The molecule has 0 aliphatic heterocycles. The topological polar surface area (TPSA) is 55.5 Å². The predicted octanol–water partition coefficient (Wildman–Crippen LogP) is 1.40. The van der Waals surface area contributed by atoms with Gasteiger partial charge in [0.2, 0.25) is 0 Å². The molecule has 1 atom stereocenters. The van der Waals surface area contributed by atoms with Gasteiger partial charge in [-0.15, -0.1) is 0 Å². The molecule has 1 unspecified atom stereocenters. The van der Waals surface area contributed by atoms with Crippen LogP contribution >= 0.6 is 0 Å². The minimum Gasteiger partial charge on any atom is -0.396 e. The lowest BCUT2D eigenvalue weighted by molar-refractivity contribution is 0.0582. The van der Waals surface area contributed by atoms with E-state index >= 15 is 0 Å². The van der Waals surface area contributed by atoms with E-state index in [2.05, 4.69) is 13.8 Å². The Morgan fingerprint density at radius 1 is 1.43 bits per heavy atom. The zero-order valence-corrected chi connectivity index (χ0v) is 9.75. The Morgan fingerprint density at radius 2 is 2.07 bits per heavy atom. The van der Waals surface area contributed by atoms with Gasteiger partial charge in [-0.2, -0.15) is 0 Å². The van der Waals surface area contributed by atoms with Crippen molar-refractivity contribution in [2.75, 3.05) is 26.4 Å². The third-order valence-corrected chi connectivity index (χ3v) is 3.11. The van der Waals surface area contributed by atoms with Crippen LogP contribution in [0, 0.1) is 11.3 Å². The van der Waals surface area contributed by atoms with Crippen LogP contribution < -0.4 is 5.73 Å². The molecule has 0 aromatic heterocycles. The Bertz CT molecular complexity index is 133. The number of nitrogens with two attached hydrogens (primary N) is 1. The van der Waals surface area contributed by atoms with Gasteiger partial charge in [0.25, 0.3) is 0 Å². The SMILES string of the molecule is CCOCCCC(CN)(CO)C(C)C. The number of rotatable bonds is 8. The fraction of sp³-hybridized carbons (Fsp3) is 1.00. The van der Waals surface area contributed by atoms with Crippen molar-refractivity contribution in [3.8, 4) is 0 Å². The second-order valence-corrected chi connectivity index (χ2v) is 4.18. The van der Waals surface area contributed by atoms with Gasteiger partial charge < -0.3 is 15.6 Å². The Labute approximate surface area is 87.6 Å². The van der Waals surface area contributed by atoms with Crippen molar-refractivity contribution in [3.05, 3.63) is 0 Å². The van der Waals surface area contributed by atoms with E-state index in [1.54, 1.807) is 0 Å². The molecule has 0 aromatic rings. The first kappa shape index (κ1) is 13.9. The van der Waals surface area contributed by atoms with E-state index in [0.29, 0.717) is 12.5 Å². The highest BCUT2D eigenvalue weighted by Crippen LogP contribution is 2.31. The smallest absolute Gasteiger partial charge is 0.0501 e. The molecule has 0 spiro atoms. The maximum absolute atomic E-state index is 9.38. The van der Waals surface area contributed by atoms with E-state index < -0.39 is 0 Å².